The topological polar surface area (TPSA) is 64.4 Å². The lowest BCUT2D eigenvalue weighted by molar-refractivity contribution is -0.124. The second kappa shape index (κ2) is 10.0. The molecule has 1 amide bonds. The van der Waals surface area contributed by atoms with Crippen LogP contribution in [-0.2, 0) is 9.53 Å². The second-order valence-electron chi connectivity index (χ2n) is 4.93. The predicted octanol–water partition coefficient (Wildman–Crippen LogP) is 2.94. The highest BCUT2D eigenvalue weighted by atomic mass is 35.5. The van der Waals surface area contributed by atoms with Crippen molar-refractivity contribution in [3.05, 3.63) is 34.9 Å². The minimum absolute atomic E-state index is 0. The van der Waals surface area contributed by atoms with E-state index in [9.17, 15) is 4.79 Å². The Kier molecular flexibility index (Phi) is 9.62. The van der Waals surface area contributed by atoms with E-state index in [1.807, 2.05) is 26.0 Å². The second-order valence-corrected chi connectivity index (χ2v) is 5.37. The first-order chi connectivity index (χ1) is 9.49. The highest BCUT2D eigenvalue weighted by molar-refractivity contribution is 6.30. The fourth-order valence-electron chi connectivity index (χ4n) is 1.84. The lowest BCUT2D eigenvalue weighted by Crippen LogP contribution is -2.45. The molecule has 0 aliphatic carbocycles. The first-order valence-corrected chi connectivity index (χ1v) is 7.18. The number of hydrogen-bond acceptors (Lipinski definition) is 3. The molecule has 0 saturated heterocycles. The molecule has 6 heteroatoms. The molecule has 0 aliphatic heterocycles. The number of nitrogens with one attached hydrogen (secondary N) is 1. The Morgan fingerprint density at radius 3 is 2.43 bits per heavy atom. The highest BCUT2D eigenvalue weighted by Crippen LogP contribution is 2.18. The summed E-state index contributed by atoms with van der Waals surface area (Å²) in [6, 6.07) is 6.89. The van der Waals surface area contributed by atoms with E-state index >= 15 is 0 Å². The van der Waals surface area contributed by atoms with E-state index in [0.29, 0.717) is 11.6 Å². The maximum atomic E-state index is 11.9. The number of halogens is 2. The van der Waals surface area contributed by atoms with E-state index in [1.54, 1.807) is 19.2 Å². The number of amides is 1. The number of ether oxygens (including phenoxy) is 1. The van der Waals surface area contributed by atoms with E-state index in [0.717, 1.165) is 12.0 Å². The Morgan fingerprint density at radius 2 is 1.95 bits per heavy atom. The summed E-state index contributed by atoms with van der Waals surface area (Å²) in [5, 5.41) is 3.51. The summed E-state index contributed by atoms with van der Waals surface area (Å²) in [6.07, 6.45) is 0.666. The van der Waals surface area contributed by atoms with Crippen LogP contribution in [0.1, 0.15) is 31.9 Å². The first-order valence-electron chi connectivity index (χ1n) is 6.81. The zero-order valence-electron chi connectivity index (χ0n) is 12.6. The van der Waals surface area contributed by atoms with Crippen LogP contribution in [0.4, 0.5) is 0 Å². The van der Waals surface area contributed by atoms with Gasteiger partial charge in [-0.3, -0.25) is 4.79 Å². The number of carbonyl (C=O) groups excluding carboxylic acids is 1. The molecule has 3 unspecified atom stereocenters. The molecule has 0 saturated carbocycles. The maximum absolute atomic E-state index is 11.9. The summed E-state index contributed by atoms with van der Waals surface area (Å²) >= 11 is 5.85. The highest BCUT2D eigenvalue weighted by Gasteiger charge is 2.20. The van der Waals surface area contributed by atoms with Gasteiger partial charge in [-0.05, 0) is 23.6 Å². The van der Waals surface area contributed by atoms with Crippen LogP contribution in [0.3, 0.4) is 0 Å². The summed E-state index contributed by atoms with van der Waals surface area (Å²) < 4.78 is 5.39. The molecule has 1 rings (SSSR count). The summed E-state index contributed by atoms with van der Waals surface area (Å²) in [4.78, 5) is 11.9. The van der Waals surface area contributed by atoms with E-state index in [4.69, 9.17) is 22.1 Å². The summed E-state index contributed by atoms with van der Waals surface area (Å²) in [7, 11) is 1.61. The summed E-state index contributed by atoms with van der Waals surface area (Å²) in [5.74, 6) is 0.0156. The summed E-state index contributed by atoms with van der Waals surface area (Å²) in [5.41, 5.74) is 6.85. The molecule has 0 radical (unpaired) electrons. The predicted molar refractivity (Wildman–Crippen MR) is 88.9 cm³/mol. The average Bonchev–Trinajstić information content (AvgIpc) is 2.47. The van der Waals surface area contributed by atoms with E-state index in [-0.39, 0.29) is 30.3 Å². The zero-order chi connectivity index (χ0) is 15.1. The molecule has 0 fully saturated rings. The Morgan fingerprint density at radius 1 is 1.38 bits per heavy atom. The third kappa shape index (κ3) is 6.22. The molecule has 0 bridgehead atoms. The van der Waals surface area contributed by atoms with Gasteiger partial charge in [-0.25, -0.2) is 0 Å². The number of nitrogens with two attached hydrogens (primary N) is 1. The van der Waals surface area contributed by atoms with Gasteiger partial charge in [-0.15, -0.1) is 12.4 Å². The van der Waals surface area contributed by atoms with Crippen molar-refractivity contribution < 1.29 is 9.53 Å². The third-order valence-electron chi connectivity index (χ3n) is 3.55. The molecule has 0 spiro atoms. The first kappa shape index (κ1) is 20.2. The standard InChI is InChI=1S/C15H23ClN2O2.ClH/c1-4-10(2)14(17)15(19)18-9-13(20-3)11-5-7-12(16)8-6-11;/h5-8,10,13-14H,4,9,17H2,1-3H3,(H,18,19);1H. The Hall–Kier alpha value is -0.810. The van der Waals surface area contributed by atoms with E-state index in [2.05, 4.69) is 5.32 Å². The Bertz CT molecular complexity index is 426. The van der Waals surface area contributed by atoms with Gasteiger partial charge in [0.25, 0.3) is 0 Å². The van der Waals surface area contributed by atoms with Gasteiger partial charge in [0.2, 0.25) is 5.91 Å². The Labute approximate surface area is 137 Å². The molecule has 1 aromatic rings. The fraction of sp³-hybridized carbons (Fsp3) is 0.533. The van der Waals surface area contributed by atoms with Crippen LogP contribution in [0.2, 0.25) is 5.02 Å². The van der Waals surface area contributed by atoms with Gasteiger partial charge in [-0.1, -0.05) is 44.0 Å². The van der Waals surface area contributed by atoms with Crippen molar-refractivity contribution in [1.29, 1.82) is 0 Å². The van der Waals surface area contributed by atoms with Crippen molar-refractivity contribution in [1.82, 2.24) is 5.32 Å². The molecule has 0 aliphatic rings. The van der Waals surface area contributed by atoms with E-state index < -0.39 is 6.04 Å². The van der Waals surface area contributed by atoms with Crippen molar-refractivity contribution >= 4 is 29.9 Å². The molecular formula is C15H24Cl2N2O2. The molecule has 3 N–H and O–H groups in total. The van der Waals surface area contributed by atoms with Crippen LogP contribution < -0.4 is 11.1 Å². The smallest absolute Gasteiger partial charge is 0.237 e. The third-order valence-corrected chi connectivity index (χ3v) is 3.80. The minimum atomic E-state index is -0.484. The van der Waals surface area contributed by atoms with Crippen molar-refractivity contribution in [2.45, 2.75) is 32.4 Å². The SMILES string of the molecule is CCC(C)C(N)C(=O)NCC(OC)c1ccc(Cl)cc1.Cl. The quantitative estimate of drug-likeness (QED) is 0.805. The molecule has 3 atom stereocenters. The maximum Gasteiger partial charge on any atom is 0.237 e. The van der Waals surface area contributed by atoms with Crippen LogP contribution in [0.5, 0.6) is 0 Å². The van der Waals surface area contributed by atoms with Crippen LogP contribution in [0.15, 0.2) is 24.3 Å². The largest absolute Gasteiger partial charge is 0.375 e. The van der Waals surface area contributed by atoms with Crippen LogP contribution in [-0.4, -0.2) is 25.6 Å². The van der Waals surface area contributed by atoms with Gasteiger partial charge in [-0.2, -0.15) is 0 Å². The van der Waals surface area contributed by atoms with Crippen LogP contribution in [0, 0.1) is 5.92 Å². The van der Waals surface area contributed by atoms with Gasteiger partial charge >= 0.3 is 0 Å². The van der Waals surface area contributed by atoms with Crippen molar-refractivity contribution in [2.75, 3.05) is 13.7 Å². The van der Waals surface area contributed by atoms with Crippen molar-refractivity contribution in [2.24, 2.45) is 11.7 Å². The Balaban J connectivity index is 0.00000400. The monoisotopic (exact) mass is 334 g/mol. The molecule has 4 nitrogen and oxygen atoms in total. The van der Waals surface area contributed by atoms with Crippen molar-refractivity contribution in [3.63, 3.8) is 0 Å². The minimum Gasteiger partial charge on any atom is -0.375 e. The number of hydrogen-bond donors (Lipinski definition) is 2. The average molecular weight is 335 g/mol. The molecule has 21 heavy (non-hydrogen) atoms. The zero-order valence-corrected chi connectivity index (χ0v) is 14.2. The molecule has 120 valence electrons. The van der Waals surface area contributed by atoms with Crippen molar-refractivity contribution in [3.8, 4) is 0 Å². The van der Waals surface area contributed by atoms with Gasteiger partial charge < -0.3 is 15.8 Å². The number of methoxy groups -OCH3 is 1. The molecule has 0 heterocycles. The van der Waals surface area contributed by atoms with Gasteiger partial charge in [0.05, 0.1) is 12.1 Å². The van der Waals surface area contributed by atoms with E-state index in [1.165, 1.54) is 0 Å². The normalized spacial score (nSPS) is 14.7. The van der Waals surface area contributed by atoms with Crippen LogP contribution >= 0.6 is 24.0 Å². The van der Waals surface area contributed by atoms with Gasteiger partial charge in [0.15, 0.2) is 0 Å². The number of carbonyl (C=O) groups is 1. The van der Waals surface area contributed by atoms with Gasteiger partial charge in [0.1, 0.15) is 0 Å². The lowest BCUT2D eigenvalue weighted by atomic mass is 9.99. The lowest BCUT2D eigenvalue weighted by Gasteiger charge is -2.21. The van der Waals surface area contributed by atoms with Crippen LogP contribution in [0.25, 0.3) is 0 Å². The fourth-order valence-corrected chi connectivity index (χ4v) is 1.96. The number of benzene rings is 1. The molecule has 0 aromatic heterocycles. The number of rotatable bonds is 7. The molecular weight excluding hydrogens is 311 g/mol. The molecule has 1 aromatic carbocycles. The summed E-state index contributed by atoms with van der Waals surface area (Å²) in [6.45, 7) is 4.38. The van der Waals surface area contributed by atoms with Gasteiger partial charge in [0, 0.05) is 18.7 Å².